The van der Waals surface area contributed by atoms with Crippen LogP contribution in [0, 0.1) is 0 Å². The first-order valence-corrected chi connectivity index (χ1v) is 6.00. The fourth-order valence-electron chi connectivity index (χ4n) is 0.921. The first-order valence-electron chi connectivity index (χ1n) is 4.05. The summed E-state index contributed by atoms with van der Waals surface area (Å²) in [6, 6.07) is 1.36. The molecule has 0 aliphatic heterocycles. The van der Waals surface area contributed by atoms with Crippen LogP contribution in [0.25, 0.3) is 0 Å². The average molecular weight is 311 g/mol. The molecule has 6 nitrogen and oxygen atoms in total. The molecule has 2 rings (SSSR count). The Kier molecular flexibility index (Phi) is 3.72. The van der Waals surface area contributed by atoms with E-state index in [1.165, 1.54) is 6.07 Å². The third kappa shape index (κ3) is 3.22. The number of nitrogens with zero attached hydrogens (tertiary/aromatic N) is 4. The fourth-order valence-corrected chi connectivity index (χ4v) is 2.05. The lowest BCUT2D eigenvalue weighted by atomic mass is 10.5. The van der Waals surface area contributed by atoms with E-state index >= 15 is 0 Å². The highest BCUT2D eigenvalue weighted by atomic mass is 35.5. The van der Waals surface area contributed by atoms with Gasteiger partial charge < -0.3 is 5.32 Å². The quantitative estimate of drug-likeness (QED) is 0.681. The summed E-state index contributed by atoms with van der Waals surface area (Å²) in [7, 11) is 0. The summed E-state index contributed by atoms with van der Waals surface area (Å²) >= 11 is 17.7. The predicted octanol–water partition coefficient (Wildman–Crippen LogP) is 2.54. The lowest BCUT2D eigenvalue weighted by Gasteiger charge is -2.01. The van der Waals surface area contributed by atoms with Crippen molar-refractivity contribution in [1.82, 2.24) is 20.2 Å². The summed E-state index contributed by atoms with van der Waals surface area (Å²) in [6.07, 6.45) is 0. The highest BCUT2D eigenvalue weighted by Gasteiger charge is 2.13. The lowest BCUT2D eigenvalue weighted by molar-refractivity contribution is 0.102. The summed E-state index contributed by atoms with van der Waals surface area (Å²) in [4.78, 5) is 19.0. The van der Waals surface area contributed by atoms with Crippen LogP contribution >= 0.6 is 46.1 Å². The number of aromatic nitrogens is 4. The van der Waals surface area contributed by atoms with Crippen molar-refractivity contribution in [1.29, 1.82) is 0 Å². The second kappa shape index (κ2) is 5.09. The number of nitrogens with one attached hydrogen (secondary N) is 1. The minimum Gasteiger partial charge on any atom is -0.304 e. The van der Waals surface area contributed by atoms with Crippen molar-refractivity contribution in [3.63, 3.8) is 0 Å². The average Bonchev–Trinajstić information content (AvgIpc) is 2.63. The molecular formula is C7H2Cl3N5OS. The third-order valence-electron chi connectivity index (χ3n) is 1.50. The molecule has 0 saturated carbocycles. The van der Waals surface area contributed by atoms with Gasteiger partial charge in [-0.1, -0.05) is 22.9 Å². The molecular weight excluding hydrogens is 309 g/mol. The molecule has 0 unspecified atom stereocenters. The molecule has 2 aromatic rings. The monoisotopic (exact) mass is 309 g/mol. The predicted molar refractivity (Wildman–Crippen MR) is 64.9 cm³/mol. The van der Waals surface area contributed by atoms with E-state index in [2.05, 4.69) is 25.5 Å². The first kappa shape index (κ1) is 12.4. The van der Waals surface area contributed by atoms with Gasteiger partial charge in [0.05, 0.1) is 0 Å². The molecule has 88 valence electrons. The van der Waals surface area contributed by atoms with E-state index in [-0.39, 0.29) is 25.7 Å². The Hall–Kier alpha value is -1.02. The van der Waals surface area contributed by atoms with E-state index < -0.39 is 5.91 Å². The van der Waals surface area contributed by atoms with Crippen molar-refractivity contribution in [3.05, 3.63) is 26.0 Å². The molecule has 1 amide bonds. The molecule has 17 heavy (non-hydrogen) atoms. The smallest absolute Gasteiger partial charge is 0.287 e. The fraction of sp³-hybridized carbons (Fsp3) is 0. The molecule has 0 radical (unpaired) electrons. The second-order valence-electron chi connectivity index (χ2n) is 2.66. The van der Waals surface area contributed by atoms with Crippen LogP contribution < -0.4 is 5.32 Å². The van der Waals surface area contributed by atoms with E-state index in [0.717, 1.165) is 11.3 Å². The molecule has 2 heterocycles. The minimum atomic E-state index is -0.500. The van der Waals surface area contributed by atoms with Gasteiger partial charge >= 0.3 is 0 Å². The first-order chi connectivity index (χ1) is 8.04. The van der Waals surface area contributed by atoms with Crippen molar-refractivity contribution in [2.75, 3.05) is 5.32 Å². The normalized spacial score (nSPS) is 10.3. The molecule has 0 bridgehead atoms. The summed E-state index contributed by atoms with van der Waals surface area (Å²) in [5.41, 5.74) is 0. The van der Waals surface area contributed by atoms with Crippen molar-refractivity contribution in [3.8, 4) is 0 Å². The third-order valence-corrected chi connectivity index (χ3v) is 2.88. The standard InChI is InChI=1S/C7H2Cl3N5OS/c8-2-1-3(13-6(9)11-2)12-4(16)5-14-15-7(10)17-5/h1H,(H,11,12,13,16). The number of carbonyl (C=O) groups is 1. The molecule has 0 fully saturated rings. The van der Waals surface area contributed by atoms with Gasteiger partial charge in [-0.2, -0.15) is 0 Å². The van der Waals surface area contributed by atoms with E-state index in [9.17, 15) is 4.79 Å². The zero-order chi connectivity index (χ0) is 12.4. The van der Waals surface area contributed by atoms with E-state index in [1.54, 1.807) is 0 Å². The number of anilines is 1. The van der Waals surface area contributed by atoms with Gasteiger partial charge in [-0.3, -0.25) is 4.79 Å². The van der Waals surface area contributed by atoms with Crippen molar-refractivity contribution in [2.24, 2.45) is 0 Å². The molecule has 1 N–H and O–H groups in total. The summed E-state index contributed by atoms with van der Waals surface area (Å²) in [6.45, 7) is 0. The number of amides is 1. The summed E-state index contributed by atoms with van der Waals surface area (Å²) < 4.78 is 0.175. The van der Waals surface area contributed by atoms with Crippen LogP contribution in [0.3, 0.4) is 0 Å². The van der Waals surface area contributed by atoms with Gasteiger partial charge in [0, 0.05) is 6.07 Å². The van der Waals surface area contributed by atoms with Crippen molar-refractivity contribution >= 4 is 57.9 Å². The molecule has 0 saturated heterocycles. The maximum Gasteiger partial charge on any atom is 0.287 e. The Bertz CT molecular complexity index is 554. The molecule has 0 aromatic carbocycles. The molecule has 0 aliphatic carbocycles. The Morgan fingerprint density at radius 1 is 1.24 bits per heavy atom. The van der Waals surface area contributed by atoms with Gasteiger partial charge in [-0.15, -0.1) is 10.2 Å². The molecule has 0 atom stereocenters. The minimum absolute atomic E-state index is 0.0666. The molecule has 0 aliphatic rings. The Balaban J connectivity index is 2.18. The van der Waals surface area contributed by atoms with Crippen LogP contribution in [0.1, 0.15) is 9.80 Å². The van der Waals surface area contributed by atoms with E-state index in [4.69, 9.17) is 34.8 Å². The number of carbonyl (C=O) groups excluding carboxylic acids is 1. The van der Waals surface area contributed by atoms with Gasteiger partial charge in [-0.05, 0) is 23.2 Å². The Morgan fingerprint density at radius 2 is 2.00 bits per heavy atom. The SMILES string of the molecule is O=C(Nc1cc(Cl)nc(Cl)n1)c1nnc(Cl)s1. The van der Waals surface area contributed by atoms with Crippen molar-refractivity contribution < 1.29 is 4.79 Å². The van der Waals surface area contributed by atoms with Gasteiger partial charge in [0.15, 0.2) is 0 Å². The van der Waals surface area contributed by atoms with Gasteiger partial charge in [0.1, 0.15) is 11.0 Å². The van der Waals surface area contributed by atoms with Crippen LogP contribution in [0.4, 0.5) is 5.82 Å². The number of hydrogen-bond acceptors (Lipinski definition) is 6. The van der Waals surface area contributed by atoms with E-state index in [1.807, 2.05) is 0 Å². The zero-order valence-corrected chi connectivity index (χ0v) is 10.9. The van der Waals surface area contributed by atoms with Crippen LogP contribution in [0.2, 0.25) is 14.9 Å². The van der Waals surface area contributed by atoms with E-state index in [0.29, 0.717) is 0 Å². The van der Waals surface area contributed by atoms with Crippen molar-refractivity contribution in [2.45, 2.75) is 0 Å². The zero-order valence-electron chi connectivity index (χ0n) is 7.82. The van der Waals surface area contributed by atoms with Crippen LogP contribution in [0.5, 0.6) is 0 Å². The number of rotatable bonds is 2. The maximum atomic E-state index is 11.6. The van der Waals surface area contributed by atoms with Crippen LogP contribution in [0.15, 0.2) is 6.07 Å². The Morgan fingerprint density at radius 3 is 2.59 bits per heavy atom. The summed E-state index contributed by atoms with van der Waals surface area (Å²) in [5.74, 6) is -0.327. The van der Waals surface area contributed by atoms with Gasteiger partial charge in [0.2, 0.25) is 14.8 Å². The lowest BCUT2D eigenvalue weighted by Crippen LogP contribution is -2.13. The highest BCUT2D eigenvalue weighted by molar-refractivity contribution is 7.17. The molecule has 10 heteroatoms. The largest absolute Gasteiger partial charge is 0.304 e. The number of hydrogen-bond donors (Lipinski definition) is 1. The maximum absolute atomic E-state index is 11.6. The van der Waals surface area contributed by atoms with Gasteiger partial charge in [0.25, 0.3) is 5.91 Å². The highest BCUT2D eigenvalue weighted by Crippen LogP contribution is 2.18. The molecule has 0 spiro atoms. The number of halogens is 3. The Labute approximate surface area is 114 Å². The second-order valence-corrected chi connectivity index (χ2v) is 4.94. The summed E-state index contributed by atoms with van der Waals surface area (Å²) in [5, 5.41) is 9.68. The molecule has 2 aromatic heterocycles. The van der Waals surface area contributed by atoms with Crippen LogP contribution in [-0.4, -0.2) is 26.1 Å². The topological polar surface area (TPSA) is 80.7 Å². The van der Waals surface area contributed by atoms with Gasteiger partial charge in [-0.25, -0.2) is 9.97 Å². The van der Waals surface area contributed by atoms with Crippen LogP contribution in [-0.2, 0) is 0 Å².